The normalized spacial score (nSPS) is 11.1. The van der Waals surface area contributed by atoms with Crippen LogP contribution in [0.3, 0.4) is 0 Å². The topological polar surface area (TPSA) is 29.1 Å². The lowest BCUT2D eigenvalue weighted by Crippen LogP contribution is -2.22. The summed E-state index contributed by atoms with van der Waals surface area (Å²) in [7, 11) is 0. The molecule has 0 aromatic heterocycles. The standard InChI is InChI=1S/C29H49Cl2NO/c1-2-3-4-5-6-7-8-9-10-11-12-13-14-15-16-17-18-19-20-21-29(33)32-25-26-22-23-27(30)24-28(26)31/h22-24H,2-21,25H2,1H3,(H,32,33). The molecule has 0 saturated carbocycles. The number of amides is 1. The summed E-state index contributed by atoms with van der Waals surface area (Å²) in [5.41, 5.74) is 0.905. The second-order valence-corrected chi connectivity index (χ2v) is 10.5. The fourth-order valence-electron chi connectivity index (χ4n) is 4.31. The van der Waals surface area contributed by atoms with Crippen LogP contribution in [-0.2, 0) is 11.3 Å². The monoisotopic (exact) mass is 497 g/mol. The number of carbonyl (C=O) groups is 1. The molecule has 0 heterocycles. The van der Waals surface area contributed by atoms with E-state index in [9.17, 15) is 4.79 Å². The maximum atomic E-state index is 12.0. The third kappa shape index (κ3) is 18.3. The average molecular weight is 499 g/mol. The first-order valence-corrected chi connectivity index (χ1v) is 14.6. The second kappa shape index (κ2) is 21.8. The van der Waals surface area contributed by atoms with Crippen molar-refractivity contribution < 1.29 is 4.79 Å². The van der Waals surface area contributed by atoms with Crippen molar-refractivity contribution in [2.45, 2.75) is 142 Å². The Bertz CT molecular complexity index is 605. The third-order valence-electron chi connectivity index (χ3n) is 6.50. The van der Waals surface area contributed by atoms with Gasteiger partial charge in [0.2, 0.25) is 5.91 Å². The lowest BCUT2D eigenvalue weighted by Gasteiger charge is -2.07. The molecule has 0 aliphatic carbocycles. The number of rotatable bonds is 22. The summed E-state index contributed by atoms with van der Waals surface area (Å²) in [5.74, 6) is 0.105. The maximum Gasteiger partial charge on any atom is 0.220 e. The third-order valence-corrected chi connectivity index (χ3v) is 7.09. The summed E-state index contributed by atoms with van der Waals surface area (Å²) in [6.07, 6.45) is 26.5. The Morgan fingerprint density at radius 1 is 0.667 bits per heavy atom. The van der Waals surface area contributed by atoms with E-state index in [0.717, 1.165) is 18.4 Å². The fraction of sp³-hybridized carbons (Fsp3) is 0.759. The van der Waals surface area contributed by atoms with Gasteiger partial charge in [-0.15, -0.1) is 0 Å². The van der Waals surface area contributed by atoms with E-state index in [1.54, 1.807) is 12.1 Å². The van der Waals surface area contributed by atoms with Gasteiger partial charge in [0.05, 0.1) is 0 Å². The van der Waals surface area contributed by atoms with Gasteiger partial charge in [0, 0.05) is 23.0 Å². The molecule has 0 radical (unpaired) electrons. The van der Waals surface area contributed by atoms with E-state index in [-0.39, 0.29) is 5.91 Å². The second-order valence-electron chi connectivity index (χ2n) is 9.63. The van der Waals surface area contributed by atoms with Gasteiger partial charge in [0.1, 0.15) is 0 Å². The molecule has 0 aliphatic rings. The largest absolute Gasteiger partial charge is 0.352 e. The van der Waals surface area contributed by atoms with Crippen molar-refractivity contribution in [1.29, 1.82) is 0 Å². The zero-order valence-electron chi connectivity index (χ0n) is 21.2. The Labute approximate surface area is 214 Å². The van der Waals surface area contributed by atoms with Gasteiger partial charge in [-0.3, -0.25) is 4.79 Å². The summed E-state index contributed by atoms with van der Waals surface area (Å²) >= 11 is 12.0. The molecule has 2 nitrogen and oxygen atoms in total. The Kier molecular flexibility index (Phi) is 20.0. The van der Waals surface area contributed by atoms with Crippen molar-refractivity contribution in [2.24, 2.45) is 0 Å². The quantitative estimate of drug-likeness (QED) is 0.158. The highest BCUT2D eigenvalue weighted by Crippen LogP contribution is 2.21. The molecule has 1 N–H and O–H groups in total. The van der Waals surface area contributed by atoms with E-state index < -0.39 is 0 Å². The molecule has 1 amide bonds. The van der Waals surface area contributed by atoms with Gasteiger partial charge >= 0.3 is 0 Å². The first-order chi connectivity index (χ1) is 16.1. The fourth-order valence-corrected chi connectivity index (χ4v) is 4.79. The van der Waals surface area contributed by atoms with Gasteiger partial charge in [-0.1, -0.05) is 152 Å². The summed E-state index contributed by atoms with van der Waals surface area (Å²) < 4.78 is 0. The molecule has 0 spiro atoms. The molecule has 0 fully saturated rings. The van der Waals surface area contributed by atoms with Crippen LogP contribution in [-0.4, -0.2) is 5.91 Å². The summed E-state index contributed by atoms with van der Waals surface area (Å²) in [4.78, 5) is 12.0. The predicted molar refractivity (Wildman–Crippen MR) is 146 cm³/mol. The minimum atomic E-state index is 0.105. The highest BCUT2D eigenvalue weighted by atomic mass is 35.5. The van der Waals surface area contributed by atoms with E-state index in [1.807, 2.05) is 6.07 Å². The lowest BCUT2D eigenvalue weighted by atomic mass is 10.0. The van der Waals surface area contributed by atoms with Crippen molar-refractivity contribution in [3.8, 4) is 0 Å². The summed E-state index contributed by atoms with van der Waals surface area (Å²) in [5, 5.41) is 4.17. The van der Waals surface area contributed by atoms with Gasteiger partial charge in [-0.2, -0.15) is 0 Å². The van der Waals surface area contributed by atoms with Gasteiger partial charge in [-0.25, -0.2) is 0 Å². The number of benzene rings is 1. The SMILES string of the molecule is CCCCCCCCCCCCCCCCCCCCCC(=O)NCc1ccc(Cl)cc1Cl. The highest BCUT2D eigenvalue weighted by Gasteiger charge is 2.05. The zero-order chi connectivity index (χ0) is 24.0. The van der Waals surface area contributed by atoms with Crippen LogP contribution in [0.25, 0.3) is 0 Å². The molecule has 1 aromatic rings. The van der Waals surface area contributed by atoms with Crippen molar-refractivity contribution in [2.75, 3.05) is 0 Å². The molecule has 4 heteroatoms. The molecule has 0 aliphatic heterocycles. The molecule has 33 heavy (non-hydrogen) atoms. The number of halogens is 2. The minimum absolute atomic E-state index is 0.105. The van der Waals surface area contributed by atoms with Crippen LogP contribution in [0.2, 0.25) is 10.0 Å². The number of nitrogens with one attached hydrogen (secondary N) is 1. The van der Waals surface area contributed by atoms with Gasteiger partial charge < -0.3 is 5.32 Å². The summed E-state index contributed by atoms with van der Waals surface area (Å²) in [6.45, 7) is 2.75. The van der Waals surface area contributed by atoms with E-state index in [1.165, 1.54) is 109 Å². The van der Waals surface area contributed by atoms with Crippen LogP contribution in [0.4, 0.5) is 0 Å². The Morgan fingerprint density at radius 3 is 1.52 bits per heavy atom. The van der Waals surface area contributed by atoms with Crippen LogP contribution < -0.4 is 5.32 Å². The number of unbranched alkanes of at least 4 members (excludes halogenated alkanes) is 18. The molecule has 1 rings (SSSR count). The van der Waals surface area contributed by atoms with Crippen molar-refractivity contribution in [3.05, 3.63) is 33.8 Å². The molecule has 0 atom stereocenters. The van der Waals surface area contributed by atoms with E-state index in [0.29, 0.717) is 23.0 Å². The Balaban J connectivity index is 1.78. The van der Waals surface area contributed by atoms with Crippen LogP contribution in [0.15, 0.2) is 18.2 Å². The Hall–Kier alpha value is -0.730. The molecular formula is C29H49Cl2NO. The first-order valence-electron chi connectivity index (χ1n) is 13.8. The molecular weight excluding hydrogens is 449 g/mol. The van der Waals surface area contributed by atoms with Gasteiger partial charge in [-0.05, 0) is 24.1 Å². The number of carbonyl (C=O) groups excluding carboxylic acids is 1. The van der Waals surface area contributed by atoms with Crippen LogP contribution in [0.1, 0.15) is 141 Å². The number of hydrogen-bond donors (Lipinski definition) is 1. The lowest BCUT2D eigenvalue weighted by molar-refractivity contribution is -0.121. The van der Waals surface area contributed by atoms with E-state index in [4.69, 9.17) is 23.2 Å². The average Bonchev–Trinajstić information content (AvgIpc) is 2.80. The Morgan fingerprint density at radius 2 is 1.09 bits per heavy atom. The van der Waals surface area contributed by atoms with Crippen LogP contribution in [0.5, 0.6) is 0 Å². The van der Waals surface area contributed by atoms with Crippen LogP contribution >= 0.6 is 23.2 Å². The molecule has 0 saturated heterocycles. The predicted octanol–water partition coefficient (Wildman–Crippen LogP) is 10.4. The molecule has 190 valence electrons. The smallest absolute Gasteiger partial charge is 0.220 e. The van der Waals surface area contributed by atoms with Gasteiger partial charge in [0.25, 0.3) is 0 Å². The van der Waals surface area contributed by atoms with Crippen molar-refractivity contribution in [3.63, 3.8) is 0 Å². The summed E-state index contributed by atoms with van der Waals surface area (Å²) in [6, 6.07) is 5.37. The van der Waals surface area contributed by atoms with E-state index >= 15 is 0 Å². The molecule has 1 aromatic carbocycles. The molecule has 0 bridgehead atoms. The maximum absolute atomic E-state index is 12.0. The van der Waals surface area contributed by atoms with Crippen molar-refractivity contribution in [1.82, 2.24) is 5.32 Å². The molecule has 0 unspecified atom stereocenters. The minimum Gasteiger partial charge on any atom is -0.352 e. The first kappa shape index (κ1) is 30.3. The van der Waals surface area contributed by atoms with Crippen LogP contribution in [0, 0.1) is 0 Å². The highest BCUT2D eigenvalue weighted by molar-refractivity contribution is 6.35. The number of hydrogen-bond acceptors (Lipinski definition) is 1. The van der Waals surface area contributed by atoms with Crippen molar-refractivity contribution >= 4 is 29.1 Å². The van der Waals surface area contributed by atoms with E-state index in [2.05, 4.69) is 12.2 Å². The van der Waals surface area contributed by atoms with Gasteiger partial charge in [0.15, 0.2) is 0 Å². The zero-order valence-corrected chi connectivity index (χ0v) is 22.8.